The molecule has 1 aliphatic rings. The number of nitrogens with zero attached hydrogens (tertiary/aromatic N) is 2. The number of aliphatic imine (C=N–C) groups is 1. The Morgan fingerprint density at radius 1 is 1.38 bits per heavy atom. The molecule has 1 atom stereocenters. The van der Waals surface area contributed by atoms with Crippen LogP contribution in [0.5, 0.6) is 11.5 Å². The van der Waals surface area contributed by atoms with Crippen molar-refractivity contribution in [2.45, 2.75) is 13.0 Å². The van der Waals surface area contributed by atoms with E-state index in [4.69, 9.17) is 14.2 Å². The van der Waals surface area contributed by atoms with Gasteiger partial charge < -0.3 is 24.4 Å². The minimum Gasteiger partial charge on any atom is -0.497 e. The topological polar surface area (TPSA) is 55.3 Å². The van der Waals surface area contributed by atoms with Crippen molar-refractivity contribution in [3.63, 3.8) is 0 Å². The van der Waals surface area contributed by atoms with Crippen molar-refractivity contribution in [1.82, 2.24) is 10.2 Å². The summed E-state index contributed by atoms with van der Waals surface area (Å²) >= 11 is 0. The van der Waals surface area contributed by atoms with Crippen LogP contribution in [0, 0.1) is 5.92 Å². The Hall–Kier alpha value is -1.22. The van der Waals surface area contributed by atoms with Crippen LogP contribution in [0.2, 0.25) is 0 Å². The number of nitrogens with one attached hydrogen (secondary N) is 1. The number of hydrogen-bond donors (Lipinski definition) is 1. The Kier molecular flexibility index (Phi) is 9.20. The Balaban J connectivity index is 0.00000288. The second-order valence-electron chi connectivity index (χ2n) is 5.69. The maximum atomic E-state index is 5.46. The van der Waals surface area contributed by atoms with Crippen molar-refractivity contribution in [2.24, 2.45) is 10.9 Å². The summed E-state index contributed by atoms with van der Waals surface area (Å²) in [4.78, 5) is 6.44. The van der Waals surface area contributed by atoms with Crippen molar-refractivity contribution in [2.75, 3.05) is 48.1 Å². The van der Waals surface area contributed by atoms with E-state index < -0.39 is 0 Å². The lowest BCUT2D eigenvalue weighted by molar-refractivity contribution is 0.186. The molecule has 1 unspecified atom stereocenters. The molecule has 0 saturated carbocycles. The molecule has 1 saturated heterocycles. The van der Waals surface area contributed by atoms with Crippen LogP contribution in [0.1, 0.15) is 12.0 Å². The quantitative estimate of drug-likeness (QED) is 0.411. The third-order valence-electron chi connectivity index (χ3n) is 4.05. The van der Waals surface area contributed by atoms with E-state index in [0.717, 1.165) is 49.2 Å². The predicted molar refractivity (Wildman–Crippen MR) is 107 cm³/mol. The van der Waals surface area contributed by atoms with E-state index in [9.17, 15) is 0 Å². The van der Waals surface area contributed by atoms with Crippen LogP contribution in [0.25, 0.3) is 0 Å². The molecule has 1 aromatic carbocycles. The Labute approximate surface area is 161 Å². The summed E-state index contributed by atoms with van der Waals surface area (Å²) in [7, 11) is 7.14. The second-order valence-corrected chi connectivity index (χ2v) is 5.69. The molecule has 0 aliphatic carbocycles. The molecule has 0 aromatic heterocycles. The van der Waals surface area contributed by atoms with Gasteiger partial charge >= 0.3 is 0 Å². The van der Waals surface area contributed by atoms with Gasteiger partial charge in [0.15, 0.2) is 5.96 Å². The van der Waals surface area contributed by atoms with E-state index in [1.165, 1.54) is 0 Å². The van der Waals surface area contributed by atoms with Crippen molar-refractivity contribution >= 4 is 29.9 Å². The van der Waals surface area contributed by atoms with E-state index in [1.54, 1.807) is 21.3 Å². The van der Waals surface area contributed by atoms with Crippen molar-refractivity contribution < 1.29 is 14.2 Å². The zero-order valence-corrected chi connectivity index (χ0v) is 17.2. The molecule has 1 N–H and O–H groups in total. The summed E-state index contributed by atoms with van der Waals surface area (Å²) in [5.41, 5.74) is 1.09. The molecule has 0 bridgehead atoms. The summed E-state index contributed by atoms with van der Waals surface area (Å²) in [5, 5.41) is 3.42. The molecule has 1 aromatic rings. The minimum atomic E-state index is 0. The highest BCUT2D eigenvalue weighted by Crippen LogP contribution is 2.25. The predicted octanol–water partition coefficient (Wildman–Crippen LogP) is 2.37. The normalized spacial score (nSPS) is 17.2. The standard InChI is InChI=1S/C17H27N3O3.HI/c1-18-17(19-10-13-7-8-23-12-13)20(2)11-14-5-6-15(21-3)9-16(14)22-4;/h5-6,9,13H,7-8,10-12H2,1-4H3,(H,18,19);1H. The largest absolute Gasteiger partial charge is 0.497 e. The van der Waals surface area contributed by atoms with Gasteiger partial charge in [-0.3, -0.25) is 4.99 Å². The lowest BCUT2D eigenvalue weighted by Crippen LogP contribution is -2.40. The number of rotatable bonds is 6. The monoisotopic (exact) mass is 449 g/mol. The van der Waals surface area contributed by atoms with E-state index >= 15 is 0 Å². The molecule has 0 amide bonds. The molecule has 1 heterocycles. The van der Waals surface area contributed by atoms with Crippen LogP contribution >= 0.6 is 24.0 Å². The number of halogens is 1. The zero-order chi connectivity index (χ0) is 16.7. The highest BCUT2D eigenvalue weighted by Gasteiger charge is 2.17. The van der Waals surface area contributed by atoms with Gasteiger partial charge in [-0.15, -0.1) is 24.0 Å². The molecule has 1 aliphatic heterocycles. The number of ether oxygens (including phenoxy) is 3. The summed E-state index contributed by atoms with van der Waals surface area (Å²) in [6, 6.07) is 5.86. The molecule has 0 spiro atoms. The molecule has 0 radical (unpaired) electrons. The van der Waals surface area contributed by atoms with Gasteiger partial charge in [-0.2, -0.15) is 0 Å². The molecule has 2 rings (SSSR count). The van der Waals surface area contributed by atoms with Crippen LogP contribution in [-0.2, 0) is 11.3 Å². The fraction of sp³-hybridized carbons (Fsp3) is 0.588. The van der Waals surface area contributed by atoms with Crippen LogP contribution in [0.4, 0.5) is 0 Å². The van der Waals surface area contributed by atoms with Crippen molar-refractivity contribution in [3.8, 4) is 11.5 Å². The van der Waals surface area contributed by atoms with Crippen molar-refractivity contribution in [1.29, 1.82) is 0 Å². The molecule has 24 heavy (non-hydrogen) atoms. The maximum absolute atomic E-state index is 5.46. The van der Waals surface area contributed by atoms with Crippen LogP contribution in [0.15, 0.2) is 23.2 Å². The molecular formula is C17H28IN3O3. The third kappa shape index (κ3) is 5.70. The van der Waals surface area contributed by atoms with E-state index in [0.29, 0.717) is 12.5 Å². The van der Waals surface area contributed by atoms with Gasteiger partial charge in [0, 0.05) is 51.3 Å². The zero-order valence-electron chi connectivity index (χ0n) is 14.9. The fourth-order valence-corrected chi connectivity index (χ4v) is 2.68. The fourth-order valence-electron chi connectivity index (χ4n) is 2.68. The molecule has 6 nitrogen and oxygen atoms in total. The number of guanidine groups is 1. The summed E-state index contributed by atoms with van der Waals surface area (Å²) in [5.74, 6) is 3.04. The van der Waals surface area contributed by atoms with Gasteiger partial charge in [0.2, 0.25) is 0 Å². The molecule has 136 valence electrons. The van der Waals surface area contributed by atoms with Gasteiger partial charge in [0.05, 0.1) is 20.8 Å². The van der Waals surface area contributed by atoms with Crippen LogP contribution < -0.4 is 14.8 Å². The number of benzene rings is 1. The minimum absolute atomic E-state index is 0. The Morgan fingerprint density at radius 2 is 2.17 bits per heavy atom. The number of hydrogen-bond acceptors (Lipinski definition) is 4. The third-order valence-corrected chi connectivity index (χ3v) is 4.05. The smallest absolute Gasteiger partial charge is 0.193 e. The molecule has 1 fully saturated rings. The first-order valence-electron chi connectivity index (χ1n) is 7.88. The van der Waals surface area contributed by atoms with E-state index in [1.807, 2.05) is 25.2 Å². The molecular weight excluding hydrogens is 421 g/mol. The summed E-state index contributed by atoms with van der Waals surface area (Å²) < 4.78 is 16.1. The average molecular weight is 449 g/mol. The summed E-state index contributed by atoms with van der Waals surface area (Å²) in [6.45, 7) is 3.29. The maximum Gasteiger partial charge on any atom is 0.193 e. The second kappa shape index (κ2) is 10.6. The van der Waals surface area contributed by atoms with E-state index in [2.05, 4.69) is 15.2 Å². The van der Waals surface area contributed by atoms with Crippen LogP contribution in [0.3, 0.4) is 0 Å². The first-order valence-corrected chi connectivity index (χ1v) is 7.88. The van der Waals surface area contributed by atoms with Gasteiger partial charge in [0.1, 0.15) is 11.5 Å². The van der Waals surface area contributed by atoms with Gasteiger partial charge in [0.25, 0.3) is 0 Å². The number of methoxy groups -OCH3 is 2. The Bertz CT molecular complexity index is 534. The van der Waals surface area contributed by atoms with Crippen molar-refractivity contribution in [3.05, 3.63) is 23.8 Å². The highest BCUT2D eigenvalue weighted by molar-refractivity contribution is 14.0. The van der Waals surface area contributed by atoms with Gasteiger partial charge in [-0.1, -0.05) is 0 Å². The highest BCUT2D eigenvalue weighted by atomic mass is 127. The SMILES string of the molecule is CN=C(NCC1CCOC1)N(C)Cc1ccc(OC)cc1OC.I. The van der Waals surface area contributed by atoms with E-state index in [-0.39, 0.29) is 24.0 Å². The van der Waals surface area contributed by atoms with Gasteiger partial charge in [-0.25, -0.2) is 0 Å². The first-order chi connectivity index (χ1) is 11.2. The Morgan fingerprint density at radius 3 is 2.75 bits per heavy atom. The first kappa shape index (κ1) is 20.8. The lowest BCUT2D eigenvalue weighted by Gasteiger charge is -2.24. The summed E-state index contributed by atoms with van der Waals surface area (Å²) in [6.07, 6.45) is 1.11. The lowest BCUT2D eigenvalue weighted by atomic mass is 10.1. The average Bonchev–Trinajstić information content (AvgIpc) is 3.09. The molecule has 7 heteroatoms. The van der Waals surface area contributed by atoms with Gasteiger partial charge in [-0.05, 0) is 18.6 Å². The van der Waals surface area contributed by atoms with Crippen LogP contribution in [-0.4, -0.2) is 58.9 Å².